The van der Waals surface area contributed by atoms with E-state index in [9.17, 15) is 0 Å². The van der Waals surface area contributed by atoms with Crippen molar-refractivity contribution < 1.29 is 24.5 Å². The van der Waals surface area contributed by atoms with Crippen molar-refractivity contribution >= 4 is 22.7 Å². The highest BCUT2D eigenvalue weighted by Crippen LogP contribution is 2.29. The fraction of sp³-hybridized carbons (Fsp3) is 0.182. The number of aliphatic carboxylic acids is 2. The highest BCUT2D eigenvalue weighted by molar-refractivity contribution is 6.27. The molecule has 0 atom stereocenters. The number of hydrogen-bond acceptors (Lipinski definition) is 4. The summed E-state index contributed by atoms with van der Waals surface area (Å²) in [5.41, 5.74) is 2.57. The number of hydrogen-bond donors (Lipinski definition) is 2. The Morgan fingerprint density at radius 1 is 0.857 bits per heavy atom. The number of fused-ring (bicyclic) bond motifs is 1. The maximum Gasteiger partial charge on any atom is 0.414 e. The Balaban J connectivity index is 0.000000409. The lowest BCUT2D eigenvalue weighted by atomic mass is 10.0. The van der Waals surface area contributed by atoms with Crippen LogP contribution in [0.3, 0.4) is 0 Å². The molecular formula is C22H23NO5. The van der Waals surface area contributed by atoms with E-state index in [1.807, 2.05) is 0 Å². The summed E-state index contributed by atoms with van der Waals surface area (Å²) in [4.78, 5) is 20.5. The van der Waals surface area contributed by atoms with Crippen molar-refractivity contribution in [3.05, 3.63) is 77.9 Å². The molecule has 3 aromatic rings. The summed E-state index contributed by atoms with van der Waals surface area (Å²) in [5.74, 6) is -2.69. The Kier molecular flexibility index (Phi) is 7.54. The van der Waals surface area contributed by atoms with Crippen molar-refractivity contribution in [1.82, 2.24) is 4.90 Å². The molecule has 0 bridgehead atoms. The molecule has 3 aromatic carbocycles. The Morgan fingerprint density at radius 3 is 2.07 bits per heavy atom. The smallest absolute Gasteiger partial charge is 0.414 e. The summed E-state index contributed by atoms with van der Waals surface area (Å²) in [7, 11) is 3.89. The molecule has 0 unspecified atom stereocenters. The third-order valence-electron chi connectivity index (χ3n) is 4.12. The van der Waals surface area contributed by atoms with Gasteiger partial charge in [0.05, 0.1) is 7.11 Å². The minimum atomic E-state index is -1.82. The molecule has 0 saturated carbocycles. The van der Waals surface area contributed by atoms with E-state index in [1.54, 1.807) is 7.11 Å². The number of rotatable bonds is 5. The zero-order valence-corrected chi connectivity index (χ0v) is 15.8. The first-order valence-electron chi connectivity index (χ1n) is 8.65. The SMILES string of the molecule is COc1ccc2ccccc2c1CN(C)Cc1ccccc1.O=C(O)C(=O)O. The van der Waals surface area contributed by atoms with Gasteiger partial charge in [0, 0.05) is 18.7 Å². The average molecular weight is 381 g/mol. The van der Waals surface area contributed by atoms with Gasteiger partial charge in [0.1, 0.15) is 5.75 Å². The Morgan fingerprint density at radius 2 is 1.46 bits per heavy atom. The molecule has 0 saturated heterocycles. The van der Waals surface area contributed by atoms with Gasteiger partial charge < -0.3 is 14.9 Å². The van der Waals surface area contributed by atoms with E-state index in [4.69, 9.17) is 24.5 Å². The maximum absolute atomic E-state index is 9.10. The van der Waals surface area contributed by atoms with E-state index in [0.29, 0.717) is 0 Å². The molecule has 0 aromatic heterocycles. The number of methoxy groups -OCH3 is 1. The lowest BCUT2D eigenvalue weighted by Gasteiger charge is -2.20. The molecule has 146 valence electrons. The van der Waals surface area contributed by atoms with Crippen LogP contribution < -0.4 is 4.74 Å². The second-order valence-electron chi connectivity index (χ2n) is 6.24. The molecule has 3 rings (SSSR count). The van der Waals surface area contributed by atoms with Crippen LogP contribution in [0.15, 0.2) is 66.7 Å². The lowest BCUT2D eigenvalue weighted by Crippen LogP contribution is -2.17. The van der Waals surface area contributed by atoms with Crippen LogP contribution >= 0.6 is 0 Å². The van der Waals surface area contributed by atoms with Crippen molar-refractivity contribution in [2.24, 2.45) is 0 Å². The van der Waals surface area contributed by atoms with Crippen molar-refractivity contribution in [1.29, 1.82) is 0 Å². The fourth-order valence-electron chi connectivity index (χ4n) is 2.89. The van der Waals surface area contributed by atoms with Gasteiger partial charge in [-0.25, -0.2) is 9.59 Å². The molecule has 0 amide bonds. The Bertz CT molecular complexity index is 928. The third-order valence-corrected chi connectivity index (χ3v) is 4.12. The number of carboxylic acid groups (broad SMARTS) is 2. The van der Waals surface area contributed by atoms with Crippen LogP contribution in [0.1, 0.15) is 11.1 Å². The van der Waals surface area contributed by atoms with Crippen LogP contribution in [0.2, 0.25) is 0 Å². The number of carbonyl (C=O) groups is 2. The molecule has 0 spiro atoms. The molecule has 0 radical (unpaired) electrons. The third kappa shape index (κ3) is 5.82. The van der Waals surface area contributed by atoms with E-state index in [1.165, 1.54) is 21.9 Å². The van der Waals surface area contributed by atoms with Gasteiger partial charge in [-0.15, -0.1) is 0 Å². The predicted octanol–water partition coefficient (Wildman–Crippen LogP) is 3.64. The minimum absolute atomic E-state index is 0.861. The first-order chi connectivity index (χ1) is 13.4. The van der Waals surface area contributed by atoms with Crippen LogP contribution in [0, 0.1) is 0 Å². The summed E-state index contributed by atoms with van der Waals surface area (Å²) in [6.07, 6.45) is 0. The molecule has 0 aliphatic carbocycles. The highest BCUT2D eigenvalue weighted by Gasteiger charge is 2.11. The lowest BCUT2D eigenvalue weighted by molar-refractivity contribution is -0.159. The van der Waals surface area contributed by atoms with Gasteiger partial charge in [0.2, 0.25) is 0 Å². The largest absolute Gasteiger partial charge is 0.496 e. The first kappa shape index (κ1) is 20.9. The molecule has 0 aliphatic heterocycles. The molecule has 0 aliphatic rings. The highest BCUT2D eigenvalue weighted by atomic mass is 16.5. The minimum Gasteiger partial charge on any atom is -0.496 e. The van der Waals surface area contributed by atoms with E-state index < -0.39 is 11.9 Å². The fourth-order valence-corrected chi connectivity index (χ4v) is 2.89. The summed E-state index contributed by atoms with van der Waals surface area (Å²) >= 11 is 0. The predicted molar refractivity (Wildman–Crippen MR) is 107 cm³/mol. The van der Waals surface area contributed by atoms with E-state index in [0.717, 1.165) is 18.8 Å². The number of benzene rings is 3. The van der Waals surface area contributed by atoms with Crippen molar-refractivity contribution in [2.75, 3.05) is 14.2 Å². The standard InChI is InChI=1S/C20H21NO.C2H2O4/c1-21(14-16-8-4-3-5-9-16)15-19-18-11-7-6-10-17(18)12-13-20(19)22-2;3-1(4)2(5)6/h3-13H,14-15H2,1-2H3;(H,3,4)(H,5,6). The van der Waals surface area contributed by atoms with Crippen LogP contribution in [-0.2, 0) is 22.7 Å². The van der Waals surface area contributed by atoms with Crippen molar-refractivity contribution in [3.8, 4) is 5.75 Å². The maximum atomic E-state index is 9.10. The molecular weight excluding hydrogens is 358 g/mol. The average Bonchev–Trinajstić information content (AvgIpc) is 2.69. The van der Waals surface area contributed by atoms with Crippen LogP contribution in [0.25, 0.3) is 10.8 Å². The van der Waals surface area contributed by atoms with Crippen molar-refractivity contribution in [2.45, 2.75) is 13.1 Å². The molecule has 2 N–H and O–H groups in total. The molecule has 6 nitrogen and oxygen atoms in total. The molecule has 0 heterocycles. The van der Waals surface area contributed by atoms with Gasteiger partial charge in [0.15, 0.2) is 0 Å². The van der Waals surface area contributed by atoms with Crippen molar-refractivity contribution in [3.63, 3.8) is 0 Å². The van der Waals surface area contributed by atoms with Gasteiger partial charge in [-0.3, -0.25) is 4.90 Å². The summed E-state index contributed by atoms with van der Waals surface area (Å²) in [5, 5.41) is 17.3. The van der Waals surface area contributed by atoms with Gasteiger partial charge in [-0.2, -0.15) is 0 Å². The van der Waals surface area contributed by atoms with E-state index in [-0.39, 0.29) is 0 Å². The quantitative estimate of drug-likeness (QED) is 0.656. The van der Waals surface area contributed by atoms with Gasteiger partial charge in [-0.1, -0.05) is 60.7 Å². The van der Waals surface area contributed by atoms with Crippen LogP contribution in [0.4, 0.5) is 0 Å². The summed E-state index contributed by atoms with van der Waals surface area (Å²) < 4.78 is 5.58. The normalized spacial score (nSPS) is 10.2. The summed E-state index contributed by atoms with van der Waals surface area (Å²) in [6, 6.07) is 23.2. The Labute approximate surface area is 163 Å². The second kappa shape index (κ2) is 10.1. The summed E-state index contributed by atoms with van der Waals surface area (Å²) in [6.45, 7) is 1.78. The number of nitrogens with zero attached hydrogens (tertiary/aromatic N) is 1. The zero-order valence-electron chi connectivity index (χ0n) is 15.8. The second-order valence-corrected chi connectivity index (χ2v) is 6.24. The van der Waals surface area contributed by atoms with E-state index in [2.05, 4.69) is 78.7 Å². The molecule has 6 heteroatoms. The Hall–Kier alpha value is -3.38. The van der Waals surface area contributed by atoms with Gasteiger partial charge >= 0.3 is 11.9 Å². The zero-order chi connectivity index (χ0) is 20.5. The first-order valence-corrected chi connectivity index (χ1v) is 8.65. The molecule has 28 heavy (non-hydrogen) atoms. The number of carboxylic acids is 2. The van der Waals surface area contributed by atoms with E-state index >= 15 is 0 Å². The van der Waals surface area contributed by atoms with Crippen LogP contribution in [0.5, 0.6) is 5.75 Å². The number of ether oxygens (including phenoxy) is 1. The molecule has 0 fully saturated rings. The van der Waals surface area contributed by atoms with Gasteiger partial charge in [0.25, 0.3) is 0 Å². The van der Waals surface area contributed by atoms with Crippen LogP contribution in [-0.4, -0.2) is 41.2 Å². The van der Waals surface area contributed by atoms with Gasteiger partial charge in [-0.05, 0) is 29.4 Å². The topological polar surface area (TPSA) is 87.1 Å². The monoisotopic (exact) mass is 381 g/mol.